The lowest BCUT2D eigenvalue weighted by Gasteiger charge is -2.03. The van der Waals surface area contributed by atoms with Crippen molar-refractivity contribution >= 4 is 23.2 Å². The van der Waals surface area contributed by atoms with Crippen LogP contribution in [0.25, 0.3) is 17.0 Å². The zero-order valence-electron chi connectivity index (χ0n) is 10.5. The number of fused-ring (bicyclic) bond motifs is 1. The van der Waals surface area contributed by atoms with E-state index >= 15 is 0 Å². The number of aromatic carboxylic acids is 1. The number of pyridine rings is 1. The van der Waals surface area contributed by atoms with E-state index in [1.165, 1.54) is 12.3 Å². The lowest BCUT2D eigenvalue weighted by atomic mass is 10.1. The molecule has 0 aliphatic heterocycles. The van der Waals surface area contributed by atoms with Gasteiger partial charge in [0, 0.05) is 16.8 Å². The smallest absolute Gasteiger partial charge is 0.337 e. The van der Waals surface area contributed by atoms with Crippen LogP contribution >= 0.6 is 11.6 Å². The first-order chi connectivity index (χ1) is 9.56. The van der Waals surface area contributed by atoms with Crippen LogP contribution in [-0.2, 0) is 0 Å². The van der Waals surface area contributed by atoms with E-state index in [4.69, 9.17) is 16.7 Å². The Kier molecular flexibility index (Phi) is 2.91. The third kappa shape index (κ3) is 2.02. The maximum absolute atomic E-state index is 11.0. The summed E-state index contributed by atoms with van der Waals surface area (Å²) >= 11 is 6.11. The highest BCUT2D eigenvalue weighted by molar-refractivity contribution is 6.31. The second-order valence-electron chi connectivity index (χ2n) is 4.44. The largest absolute Gasteiger partial charge is 0.478 e. The second kappa shape index (κ2) is 4.61. The minimum Gasteiger partial charge on any atom is -0.478 e. The Morgan fingerprint density at radius 1 is 1.25 bits per heavy atom. The summed E-state index contributed by atoms with van der Waals surface area (Å²) in [5, 5.41) is 17.8. The molecule has 0 unspecified atom stereocenters. The van der Waals surface area contributed by atoms with Crippen molar-refractivity contribution < 1.29 is 9.90 Å². The van der Waals surface area contributed by atoms with Crippen LogP contribution in [0.2, 0.25) is 5.02 Å². The van der Waals surface area contributed by atoms with Gasteiger partial charge in [-0.15, -0.1) is 10.2 Å². The first-order valence-corrected chi connectivity index (χ1v) is 6.28. The van der Waals surface area contributed by atoms with Gasteiger partial charge in [-0.05, 0) is 30.7 Å². The maximum atomic E-state index is 11.0. The first kappa shape index (κ1) is 12.6. The minimum atomic E-state index is -0.992. The van der Waals surface area contributed by atoms with Gasteiger partial charge in [0.2, 0.25) is 0 Å². The summed E-state index contributed by atoms with van der Waals surface area (Å²) in [5.74, 6) is -0.432. The number of aromatic nitrogens is 3. The van der Waals surface area contributed by atoms with E-state index in [1.807, 2.05) is 19.1 Å². The average molecular weight is 288 g/mol. The van der Waals surface area contributed by atoms with Crippen LogP contribution in [-0.4, -0.2) is 25.7 Å². The van der Waals surface area contributed by atoms with Gasteiger partial charge in [0.1, 0.15) is 0 Å². The van der Waals surface area contributed by atoms with Crippen LogP contribution in [0, 0.1) is 6.92 Å². The normalized spacial score (nSPS) is 10.9. The molecule has 0 saturated carbocycles. The Morgan fingerprint density at radius 2 is 2.05 bits per heavy atom. The Bertz CT molecular complexity index is 826. The van der Waals surface area contributed by atoms with E-state index in [-0.39, 0.29) is 5.56 Å². The monoisotopic (exact) mass is 287 g/mol. The fraction of sp³-hybridized carbons (Fsp3) is 0.0714. The third-order valence-electron chi connectivity index (χ3n) is 3.08. The van der Waals surface area contributed by atoms with Crippen molar-refractivity contribution in [1.29, 1.82) is 0 Å². The molecule has 0 aliphatic rings. The standard InChI is InChI=1S/C14H10ClN3O2/c1-8-2-3-9(6-11(8)15)13-17-16-12-5-4-10(14(19)20)7-18(12)13/h2-7H,1H3,(H,19,20). The Hall–Kier alpha value is -2.40. The predicted octanol–water partition coefficient (Wildman–Crippen LogP) is 3.06. The average Bonchev–Trinajstić information content (AvgIpc) is 2.84. The SMILES string of the molecule is Cc1ccc(-c2nnc3ccc(C(=O)O)cn23)cc1Cl. The zero-order chi connectivity index (χ0) is 14.3. The highest BCUT2D eigenvalue weighted by Gasteiger charge is 2.11. The first-order valence-electron chi connectivity index (χ1n) is 5.91. The number of carboxylic acid groups (broad SMARTS) is 1. The second-order valence-corrected chi connectivity index (χ2v) is 4.85. The number of benzene rings is 1. The van der Waals surface area contributed by atoms with Crippen molar-refractivity contribution in [2.75, 3.05) is 0 Å². The summed E-state index contributed by atoms with van der Waals surface area (Å²) in [4.78, 5) is 11.0. The summed E-state index contributed by atoms with van der Waals surface area (Å²) in [6, 6.07) is 8.68. The van der Waals surface area contributed by atoms with Crippen LogP contribution in [0.1, 0.15) is 15.9 Å². The van der Waals surface area contributed by atoms with E-state index in [1.54, 1.807) is 16.5 Å². The van der Waals surface area contributed by atoms with Crippen molar-refractivity contribution in [3.05, 3.63) is 52.7 Å². The van der Waals surface area contributed by atoms with Crippen molar-refractivity contribution in [1.82, 2.24) is 14.6 Å². The lowest BCUT2D eigenvalue weighted by Crippen LogP contribution is -1.99. The van der Waals surface area contributed by atoms with Gasteiger partial charge in [0.05, 0.1) is 5.56 Å². The van der Waals surface area contributed by atoms with Crippen molar-refractivity contribution in [2.24, 2.45) is 0 Å². The maximum Gasteiger partial charge on any atom is 0.337 e. The van der Waals surface area contributed by atoms with Gasteiger partial charge in [-0.3, -0.25) is 4.40 Å². The number of rotatable bonds is 2. The molecule has 0 fully saturated rings. The minimum absolute atomic E-state index is 0.178. The molecule has 3 rings (SSSR count). The molecule has 0 amide bonds. The quantitative estimate of drug-likeness (QED) is 0.786. The van der Waals surface area contributed by atoms with Gasteiger partial charge in [-0.1, -0.05) is 23.7 Å². The molecule has 0 radical (unpaired) electrons. The molecule has 2 aromatic heterocycles. The number of nitrogens with zero attached hydrogens (tertiary/aromatic N) is 3. The van der Waals surface area contributed by atoms with Crippen LogP contribution in [0.15, 0.2) is 36.5 Å². The number of hydrogen-bond donors (Lipinski definition) is 1. The van der Waals surface area contributed by atoms with Crippen LogP contribution in [0.3, 0.4) is 0 Å². The van der Waals surface area contributed by atoms with Crippen molar-refractivity contribution in [3.63, 3.8) is 0 Å². The molecule has 3 aromatic rings. The van der Waals surface area contributed by atoms with Gasteiger partial charge < -0.3 is 5.11 Å². The van der Waals surface area contributed by atoms with Gasteiger partial charge in [-0.25, -0.2) is 4.79 Å². The Labute approximate surface area is 119 Å². The molecule has 1 aromatic carbocycles. The third-order valence-corrected chi connectivity index (χ3v) is 3.49. The summed E-state index contributed by atoms with van der Waals surface area (Å²) in [5.41, 5.74) is 2.52. The molecule has 2 heterocycles. The van der Waals surface area contributed by atoms with Gasteiger partial charge in [0.15, 0.2) is 11.5 Å². The summed E-state index contributed by atoms with van der Waals surface area (Å²) < 4.78 is 1.64. The molecule has 6 heteroatoms. The number of hydrogen-bond acceptors (Lipinski definition) is 3. The molecule has 0 saturated heterocycles. The van der Waals surface area contributed by atoms with E-state index in [0.29, 0.717) is 16.5 Å². The van der Waals surface area contributed by atoms with Gasteiger partial charge in [-0.2, -0.15) is 0 Å². The van der Waals surface area contributed by atoms with Gasteiger partial charge in [0.25, 0.3) is 0 Å². The topological polar surface area (TPSA) is 67.5 Å². The molecule has 0 bridgehead atoms. The molecule has 5 nitrogen and oxygen atoms in total. The fourth-order valence-electron chi connectivity index (χ4n) is 1.95. The van der Waals surface area contributed by atoms with Crippen molar-refractivity contribution in [3.8, 4) is 11.4 Å². The highest BCUT2D eigenvalue weighted by atomic mass is 35.5. The van der Waals surface area contributed by atoms with Crippen molar-refractivity contribution in [2.45, 2.75) is 6.92 Å². The van der Waals surface area contributed by atoms with E-state index in [2.05, 4.69) is 10.2 Å². The molecule has 100 valence electrons. The summed E-state index contributed by atoms with van der Waals surface area (Å²) in [6.45, 7) is 1.91. The lowest BCUT2D eigenvalue weighted by molar-refractivity contribution is 0.0696. The molecular formula is C14H10ClN3O2. The van der Waals surface area contributed by atoms with Crippen LogP contribution < -0.4 is 0 Å². The number of carboxylic acids is 1. The molecular weight excluding hydrogens is 278 g/mol. The Morgan fingerprint density at radius 3 is 2.75 bits per heavy atom. The molecule has 0 atom stereocenters. The molecule has 1 N–H and O–H groups in total. The van der Waals surface area contributed by atoms with Crippen LogP contribution in [0.5, 0.6) is 0 Å². The fourth-order valence-corrected chi connectivity index (χ4v) is 2.13. The molecule has 0 aliphatic carbocycles. The van der Waals surface area contributed by atoms with Gasteiger partial charge >= 0.3 is 5.97 Å². The van der Waals surface area contributed by atoms with E-state index < -0.39 is 5.97 Å². The number of carbonyl (C=O) groups is 1. The number of halogens is 1. The highest BCUT2D eigenvalue weighted by Crippen LogP contribution is 2.24. The van der Waals surface area contributed by atoms with Crippen LogP contribution in [0.4, 0.5) is 0 Å². The summed E-state index contributed by atoms with van der Waals surface area (Å²) in [6.07, 6.45) is 1.50. The van der Waals surface area contributed by atoms with E-state index in [9.17, 15) is 4.79 Å². The Balaban J connectivity index is 2.22. The molecule has 20 heavy (non-hydrogen) atoms. The summed E-state index contributed by atoms with van der Waals surface area (Å²) in [7, 11) is 0. The zero-order valence-corrected chi connectivity index (χ0v) is 11.3. The number of aryl methyl sites for hydroxylation is 1. The molecule has 0 spiro atoms. The predicted molar refractivity (Wildman–Crippen MR) is 75.1 cm³/mol. The van der Waals surface area contributed by atoms with E-state index in [0.717, 1.165) is 11.1 Å².